The zero-order valence-corrected chi connectivity index (χ0v) is 20.0. The van der Waals surface area contributed by atoms with Gasteiger partial charge in [0.25, 0.3) is 6.47 Å². The van der Waals surface area contributed by atoms with Gasteiger partial charge < -0.3 is 29.7 Å². The van der Waals surface area contributed by atoms with Gasteiger partial charge in [0.15, 0.2) is 11.5 Å². The molecular weight excluding hydrogens is 422 g/mol. The van der Waals surface area contributed by atoms with Crippen molar-refractivity contribution in [3.8, 4) is 11.5 Å². The lowest BCUT2D eigenvalue weighted by Crippen LogP contribution is -2.34. The largest absolute Gasteiger partial charge is 0.462 e. The van der Waals surface area contributed by atoms with E-state index in [-0.39, 0.29) is 5.60 Å². The van der Waals surface area contributed by atoms with Crippen LogP contribution in [0.2, 0.25) is 0 Å². The van der Waals surface area contributed by atoms with Crippen molar-refractivity contribution in [3.05, 3.63) is 36.2 Å². The number of aromatic nitrogens is 2. The number of hydrogen-bond acceptors (Lipinski definition) is 9. The molecule has 1 aromatic heterocycles. The number of hydrogen-bond donors (Lipinski definition) is 2. The first-order chi connectivity index (χ1) is 15.8. The van der Waals surface area contributed by atoms with Gasteiger partial charge in [0.1, 0.15) is 23.6 Å². The van der Waals surface area contributed by atoms with E-state index in [1.807, 2.05) is 45.0 Å². The third-order valence-corrected chi connectivity index (χ3v) is 5.35. The Morgan fingerprint density at radius 3 is 2.64 bits per heavy atom. The Morgan fingerprint density at radius 1 is 1.18 bits per heavy atom. The van der Waals surface area contributed by atoms with Crippen molar-refractivity contribution in [1.82, 2.24) is 15.3 Å². The van der Waals surface area contributed by atoms with E-state index in [9.17, 15) is 4.79 Å². The van der Waals surface area contributed by atoms with Crippen LogP contribution in [0.4, 0.5) is 11.6 Å². The topological polar surface area (TPSA) is 97.8 Å². The number of nitrogens with zero attached hydrogens (tertiary/aromatic N) is 3. The molecule has 0 atom stereocenters. The number of rotatable bonds is 7. The molecule has 0 bridgehead atoms. The van der Waals surface area contributed by atoms with Crippen molar-refractivity contribution < 1.29 is 19.0 Å². The number of nitrogens with one attached hydrogen (secondary N) is 2. The minimum absolute atomic E-state index is 0.297. The van der Waals surface area contributed by atoms with E-state index in [1.165, 1.54) is 12.8 Å². The Morgan fingerprint density at radius 2 is 1.94 bits per heavy atom. The molecule has 0 radical (unpaired) electrons. The van der Waals surface area contributed by atoms with Crippen molar-refractivity contribution in [1.29, 1.82) is 0 Å². The fourth-order valence-corrected chi connectivity index (χ4v) is 3.59. The summed E-state index contributed by atoms with van der Waals surface area (Å²) in [6.07, 6.45) is 4.07. The van der Waals surface area contributed by atoms with Crippen LogP contribution in [-0.4, -0.2) is 55.5 Å². The first-order valence-corrected chi connectivity index (χ1v) is 11.3. The summed E-state index contributed by atoms with van der Waals surface area (Å²) in [7, 11) is 2.10. The van der Waals surface area contributed by atoms with E-state index in [4.69, 9.17) is 9.47 Å². The Kier molecular flexibility index (Phi) is 8.71. The summed E-state index contributed by atoms with van der Waals surface area (Å²) in [6.45, 7) is 10.1. The number of piperidine rings is 1. The molecule has 9 heteroatoms. The van der Waals surface area contributed by atoms with Gasteiger partial charge in [-0.1, -0.05) is 6.07 Å². The van der Waals surface area contributed by atoms with Gasteiger partial charge in [-0.05, 0) is 70.3 Å². The van der Waals surface area contributed by atoms with Gasteiger partial charge in [-0.15, -0.1) is 0 Å². The molecule has 9 nitrogen and oxygen atoms in total. The van der Waals surface area contributed by atoms with Crippen LogP contribution >= 0.6 is 0 Å². The molecule has 180 valence electrons. The van der Waals surface area contributed by atoms with Crippen LogP contribution < -0.4 is 25.0 Å². The first kappa shape index (κ1) is 24.6. The van der Waals surface area contributed by atoms with Crippen LogP contribution in [0.5, 0.6) is 11.5 Å². The minimum atomic E-state index is -0.318. The fraction of sp³-hybridized carbons (Fsp3) is 0.542. The van der Waals surface area contributed by atoms with Crippen LogP contribution in [-0.2, 0) is 16.1 Å². The summed E-state index contributed by atoms with van der Waals surface area (Å²) in [5, 5.41) is 6.78. The third kappa shape index (κ3) is 8.09. The minimum Gasteiger partial charge on any atom is -0.462 e. The van der Waals surface area contributed by atoms with Crippen LogP contribution in [0.15, 0.2) is 30.6 Å². The standard InChI is InChI=1S/C19H25N5O2.C5H10O2/c1-24(11-14-4-6-20-7-5-14)19-9-18(22-12-23-19)21-10-15-2-3-16-17(8-15)26-13-25-16;1-5(2,3)7-4-6/h2-3,8-9,12,14,20H,4-7,10-11,13H2,1H3,(H,21,22,23);4H,1-3H3. The SMILES string of the molecule is CC(C)(C)OC=O.CN(CC1CCNCC1)c1cc(NCc2ccc3c(c2)OCO3)ncn1. The summed E-state index contributed by atoms with van der Waals surface area (Å²) < 4.78 is 15.3. The molecular formula is C24H35N5O4. The Balaban J connectivity index is 0.000000383. The molecule has 0 spiro atoms. The third-order valence-electron chi connectivity index (χ3n) is 5.35. The molecule has 1 fully saturated rings. The number of anilines is 2. The maximum Gasteiger partial charge on any atom is 0.293 e. The molecule has 2 aliphatic heterocycles. The van der Waals surface area contributed by atoms with Crippen molar-refractivity contribution >= 4 is 18.1 Å². The first-order valence-electron chi connectivity index (χ1n) is 11.3. The number of ether oxygens (including phenoxy) is 3. The summed E-state index contributed by atoms with van der Waals surface area (Å²) in [5.74, 6) is 4.10. The average Bonchev–Trinajstić information content (AvgIpc) is 3.26. The molecule has 2 aliphatic rings. The number of carbonyl (C=O) groups excluding carboxylic acids is 1. The van der Waals surface area contributed by atoms with E-state index in [1.54, 1.807) is 6.33 Å². The molecule has 0 unspecified atom stereocenters. The maximum atomic E-state index is 9.60. The highest BCUT2D eigenvalue weighted by Crippen LogP contribution is 2.32. The second-order valence-corrected chi connectivity index (χ2v) is 9.20. The molecule has 4 rings (SSSR count). The van der Waals surface area contributed by atoms with Crippen molar-refractivity contribution in [2.45, 2.75) is 45.8 Å². The van der Waals surface area contributed by atoms with Crippen LogP contribution in [0.3, 0.4) is 0 Å². The van der Waals surface area contributed by atoms with Crippen LogP contribution in [0.1, 0.15) is 39.2 Å². The molecule has 0 saturated carbocycles. The fourth-order valence-electron chi connectivity index (χ4n) is 3.59. The molecule has 2 aromatic rings. The second kappa shape index (κ2) is 11.7. The monoisotopic (exact) mass is 457 g/mol. The smallest absolute Gasteiger partial charge is 0.293 e. The lowest BCUT2D eigenvalue weighted by Gasteiger charge is -2.28. The molecule has 0 aliphatic carbocycles. The normalized spacial score (nSPS) is 15.3. The number of fused-ring (bicyclic) bond motifs is 1. The van der Waals surface area contributed by atoms with Crippen LogP contribution in [0, 0.1) is 5.92 Å². The molecule has 0 amide bonds. The zero-order valence-electron chi connectivity index (χ0n) is 20.0. The summed E-state index contributed by atoms with van der Waals surface area (Å²) in [6, 6.07) is 7.98. The van der Waals surface area contributed by atoms with Gasteiger partial charge in [-0.25, -0.2) is 9.97 Å². The Labute approximate surface area is 195 Å². The summed E-state index contributed by atoms with van der Waals surface area (Å²) >= 11 is 0. The van der Waals surface area contributed by atoms with Gasteiger partial charge in [0, 0.05) is 26.2 Å². The quantitative estimate of drug-likeness (QED) is 0.607. The number of benzene rings is 1. The van der Waals surface area contributed by atoms with E-state index in [0.717, 1.165) is 54.3 Å². The van der Waals surface area contributed by atoms with Gasteiger partial charge in [0.05, 0.1) is 0 Å². The van der Waals surface area contributed by atoms with Crippen molar-refractivity contribution in [2.24, 2.45) is 5.92 Å². The van der Waals surface area contributed by atoms with Gasteiger partial charge in [-0.2, -0.15) is 0 Å². The Hall–Kier alpha value is -3.07. The van der Waals surface area contributed by atoms with Crippen LogP contribution in [0.25, 0.3) is 0 Å². The lowest BCUT2D eigenvalue weighted by atomic mass is 9.98. The highest BCUT2D eigenvalue weighted by Gasteiger charge is 2.16. The number of carbonyl (C=O) groups is 1. The summed E-state index contributed by atoms with van der Waals surface area (Å²) in [5.41, 5.74) is 0.805. The maximum absolute atomic E-state index is 9.60. The molecule has 33 heavy (non-hydrogen) atoms. The Bertz CT molecular complexity index is 897. The predicted octanol–water partition coefficient (Wildman–Crippen LogP) is 3.21. The van der Waals surface area contributed by atoms with Gasteiger partial charge in [-0.3, -0.25) is 4.79 Å². The highest BCUT2D eigenvalue weighted by atomic mass is 16.7. The molecule has 1 saturated heterocycles. The molecule has 3 heterocycles. The summed E-state index contributed by atoms with van der Waals surface area (Å²) in [4.78, 5) is 20.6. The molecule has 1 aromatic carbocycles. The van der Waals surface area contributed by atoms with Crippen molar-refractivity contribution in [2.75, 3.05) is 43.7 Å². The zero-order chi connectivity index (χ0) is 23.7. The van der Waals surface area contributed by atoms with E-state index < -0.39 is 0 Å². The van der Waals surface area contributed by atoms with E-state index in [0.29, 0.717) is 19.8 Å². The van der Waals surface area contributed by atoms with Gasteiger partial charge >= 0.3 is 0 Å². The lowest BCUT2D eigenvalue weighted by molar-refractivity contribution is -0.138. The predicted molar refractivity (Wildman–Crippen MR) is 128 cm³/mol. The molecule has 2 N–H and O–H groups in total. The van der Waals surface area contributed by atoms with Crippen molar-refractivity contribution in [3.63, 3.8) is 0 Å². The second-order valence-electron chi connectivity index (χ2n) is 9.20. The average molecular weight is 458 g/mol. The van der Waals surface area contributed by atoms with E-state index in [2.05, 4.69) is 37.3 Å². The highest BCUT2D eigenvalue weighted by molar-refractivity contribution is 5.49. The van der Waals surface area contributed by atoms with E-state index >= 15 is 0 Å². The van der Waals surface area contributed by atoms with Gasteiger partial charge in [0.2, 0.25) is 6.79 Å².